The summed E-state index contributed by atoms with van der Waals surface area (Å²) in [4.78, 5) is 11.9. The fourth-order valence-electron chi connectivity index (χ4n) is 3.64. The number of hydrogen-bond acceptors (Lipinski definition) is 5. The molecule has 0 saturated heterocycles. The van der Waals surface area contributed by atoms with Gasteiger partial charge in [0.05, 0.1) is 41.5 Å². The van der Waals surface area contributed by atoms with Crippen LogP contribution in [0, 0.1) is 13.8 Å². The van der Waals surface area contributed by atoms with E-state index in [0.717, 1.165) is 33.7 Å². The van der Waals surface area contributed by atoms with Crippen molar-refractivity contribution in [1.29, 1.82) is 0 Å². The van der Waals surface area contributed by atoms with Crippen molar-refractivity contribution in [3.63, 3.8) is 0 Å². The molecule has 0 atom stereocenters. The lowest BCUT2D eigenvalue weighted by Gasteiger charge is -2.08. The van der Waals surface area contributed by atoms with E-state index < -0.39 is 0 Å². The third-order valence-electron chi connectivity index (χ3n) is 4.95. The zero-order chi connectivity index (χ0) is 20.7. The molecule has 0 fully saturated rings. The number of aryl methyl sites for hydroxylation is 1. The Balaban J connectivity index is 1.80. The van der Waals surface area contributed by atoms with Crippen LogP contribution in [0.15, 0.2) is 36.9 Å². The van der Waals surface area contributed by atoms with Crippen molar-refractivity contribution in [3.05, 3.63) is 53.9 Å². The minimum atomic E-state index is -0.378. The van der Waals surface area contributed by atoms with Crippen molar-refractivity contribution < 1.29 is 9.53 Å². The van der Waals surface area contributed by atoms with Gasteiger partial charge in [0.25, 0.3) is 0 Å². The van der Waals surface area contributed by atoms with E-state index in [4.69, 9.17) is 9.84 Å². The van der Waals surface area contributed by atoms with Crippen molar-refractivity contribution in [1.82, 2.24) is 29.2 Å². The average Bonchev–Trinajstić information content (AvgIpc) is 3.39. The first kappa shape index (κ1) is 18.9. The number of carbonyl (C=O) groups excluding carboxylic acids is 1. The van der Waals surface area contributed by atoms with Crippen LogP contribution in [0.25, 0.3) is 22.3 Å². The average molecular weight is 392 g/mol. The Morgan fingerprint density at radius 1 is 1.21 bits per heavy atom. The predicted molar refractivity (Wildman–Crippen MR) is 109 cm³/mol. The minimum absolute atomic E-state index is 0.283. The third-order valence-corrected chi connectivity index (χ3v) is 4.95. The first-order chi connectivity index (χ1) is 13.9. The van der Waals surface area contributed by atoms with E-state index in [2.05, 4.69) is 31.0 Å². The molecule has 0 saturated carbocycles. The zero-order valence-electron chi connectivity index (χ0n) is 17.2. The van der Waals surface area contributed by atoms with Gasteiger partial charge in [-0.05, 0) is 46.8 Å². The van der Waals surface area contributed by atoms with Gasteiger partial charge in [-0.2, -0.15) is 15.3 Å². The maximum atomic E-state index is 11.9. The largest absolute Gasteiger partial charge is 0.462 e. The van der Waals surface area contributed by atoms with E-state index in [1.807, 2.05) is 40.6 Å². The van der Waals surface area contributed by atoms with Crippen LogP contribution in [-0.4, -0.2) is 41.8 Å². The van der Waals surface area contributed by atoms with Crippen molar-refractivity contribution in [2.75, 3.05) is 6.61 Å². The number of pyridine rings is 1. The molecule has 0 unspecified atom stereocenters. The fourth-order valence-corrected chi connectivity index (χ4v) is 3.64. The number of esters is 1. The van der Waals surface area contributed by atoms with Gasteiger partial charge in [0.2, 0.25) is 0 Å². The van der Waals surface area contributed by atoms with Gasteiger partial charge in [0.15, 0.2) is 0 Å². The molecule has 0 aliphatic carbocycles. The Kier molecular flexibility index (Phi) is 4.70. The fraction of sp³-hybridized carbons (Fsp3) is 0.333. The summed E-state index contributed by atoms with van der Waals surface area (Å²) in [6.45, 7) is 10.5. The van der Waals surface area contributed by atoms with Crippen LogP contribution < -0.4 is 0 Å². The lowest BCUT2D eigenvalue weighted by atomic mass is 10.1. The molecule has 0 N–H and O–H groups in total. The van der Waals surface area contributed by atoms with Gasteiger partial charge in [-0.15, -0.1) is 0 Å². The Hall–Kier alpha value is -3.42. The van der Waals surface area contributed by atoms with Crippen LogP contribution in [0.5, 0.6) is 0 Å². The highest BCUT2D eigenvalue weighted by Gasteiger charge is 2.19. The first-order valence-corrected chi connectivity index (χ1v) is 9.66. The Morgan fingerprint density at radius 2 is 2.00 bits per heavy atom. The van der Waals surface area contributed by atoms with E-state index in [0.29, 0.717) is 12.2 Å². The van der Waals surface area contributed by atoms with E-state index in [1.54, 1.807) is 17.8 Å². The van der Waals surface area contributed by atoms with Gasteiger partial charge in [0, 0.05) is 35.3 Å². The van der Waals surface area contributed by atoms with Crippen LogP contribution in [0.1, 0.15) is 48.6 Å². The van der Waals surface area contributed by atoms with Gasteiger partial charge in [-0.3, -0.25) is 4.68 Å². The van der Waals surface area contributed by atoms with Gasteiger partial charge in [0.1, 0.15) is 0 Å². The molecular formula is C21H24N6O2. The second-order valence-corrected chi connectivity index (χ2v) is 7.25. The molecule has 0 aliphatic heterocycles. The summed E-state index contributed by atoms with van der Waals surface area (Å²) in [6.07, 6.45) is 6.94. The number of aromatic nitrogens is 6. The highest BCUT2D eigenvalue weighted by molar-refractivity contribution is 5.89. The smallest absolute Gasteiger partial charge is 0.341 e. The highest BCUT2D eigenvalue weighted by Crippen LogP contribution is 2.32. The van der Waals surface area contributed by atoms with E-state index >= 15 is 0 Å². The summed E-state index contributed by atoms with van der Waals surface area (Å²) in [5, 5.41) is 13.5. The monoisotopic (exact) mass is 392 g/mol. The summed E-state index contributed by atoms with van der Waals surface area (Å²) >= 11 is 0. The molecule has 0 aliphatic rings. The summed E-state index contributed by atoms with van der Waals surface area (Å²) in [5.41, 5.74) is 6.41. The van der Waals surface area contributed by atoms with Crippen molar-refractivity contribution in [2.24, 2.45) is 0 Å². The number of ether oxygens (including phenoxy) is 1. The summed E-state index contributed by atoms with van der Waals surface area (Å²) in [6, 6.07) is 4.20. The van der Waals surface area contributed by atoms with Gasteiger partial charge in [-0.25, -0.2) is 14.0 Å². The van der Waals surface area contributed by atoms with Crippen LogP contribution in [0.2, 0.25) is 0 Å². The second-order valence-electron chi connectivity index (χ2n) is 7.25. The molecule has 4 heterocycles. The molecule has 0 aromatic carbocycles. The number of carbonyl (C=O) groups is 1. The van der Waals surface area contributed by atoms with Crippen LogP contribution in [0.3, 0.4) is 0 Å². The van der Waals surface area contributed by atoms with Crippen molar-refractivity contribution >= 4 is 11.5 Å². The molecule has 4 aromatic heterocycles. The highest BCUT2D eigenvalue weighted by atomic mass is 16.5. The maximum Gasteiger partial charge on any atom is 0.341 e. The van der Waals surface area contributed by atoms with Gasteiger partial charge in [-0.1, -0.05) is 0 Å². The molecule has 0 spiro atoms. The van der Waals surface area contributed by atoms with Crippen molar-refractivity contribution in [2.45, 2.75) is 40.7 Å². The molecule has 8 heteroatoms. The summed E-state index contributed by atoms with van der Waals surface area (Å²) in [5.74, 6) is -0.378. The van der Waals surface area contributed by atoms with E-state index in [9.17, 15) is 4.79 Å². The van der Waals surface area contributed by atoms with Gasteiger partial charge < -0.3 is 4.74 Å². The summed E-state index contributed by atoms with van der Waals surface area (Å²) < 4.78 is 10.6. The zero-order valence-corrected chi connectivity index (χ0v) is 17.2. The molecule has 8 nitrogen and oxygen atoms in total. The van der Waals surface area contributed by atoms with Crippen LogP contribution in [-0.2, 0) is 4.74 Å². The summed E-state index contributed by atoms with van der Waals surface area (Å²) in [7, 11) is 0. The lowest BCUT2D eigenvalue weighted by Crippen LogP contribution is -2.04. The first-order valence-electron chi connectivity index (χ1n) is 9.66. The molecule has 0 bridgehead atoms. The second kappa shape index (κ2) is 7.20. The van der Waals surface area contributed by atoms with Crippen LogP contribution in [0.4, 0.5) is 0 Å². The number of fused-ring (bicyclic) bond motifs is 1. The molecule has 0 radical (unpaired) electrons. The standard InChI is InChI=1S/C21H24N6O2/c1-6-29-21(28)16-10-22-26(12-16)17-7-8-25-19(9-17)18(11-23-25)20-14(4)24-27(13(2)3)15(20)5/h7-13H,6H2,1-5H3. The van der Waals surface area contributed by atoms with E-state index in [-0.39, 0.29) is 12.0 Å². The quantitative estimate of drug-likeness (QED) is 0.483. The van der Waals surface area contributed by atoms with Gasteiger partial charge >= 0.3 is 5.97 Å². The predicted octanol–water partition coefficient (Wildman–Crippen LogP) is 3.76. The SMILES string of the molecule is CCOC(=O)c1cnn(-c2ccn3ncc(-c4c(C)nn(C(C)C)c4C)c3c2)c1. The van der Waals surface area contributed by atoms with Crippen molar-refractivity contribution in [3.8, 4) is 16.8 Å². The number of hydrogen-bond donors (Lipinski definition) is 0. The minimum Gasteiger partial charge on any atom is -0.462 e. The van der Waals surface area contributed by atoms with Crippen LogP contribution >= 0.6 is 0 Å². The molecule has 29 heavy (non-hydrogen) atoms. The number of nitrogens with zero attached hydrogens (tertiary/aromatic N) is 6. The number of rotatable bonds is 5. The Morgan fingerprint density at radius 3 is 2.69 bits per heavy atom. The molecule has 0 amide bonds. The molecule has 150 valence electrons. The Bertz CT molecular complexity index is 1200. The van der Waals surface area contributed by atoms with E-state index in [1.165, 1.54) is 6.20 Å². The maximum absolute atomic E-state index is 11.9. The molecule has 4 aromatic rings. The lowest BCUT2D eigenvalue weighted by molar-refractivity contribution is 0.0526. The molecule has 4 rings (SSSR count). The third kappa shape index (κ3) is 3.20. The molecular weight excluding hydrogens is 368 g/mol. The normalized spacial score (nSPS) is 11.5. The topological polar surface area (TPSA) is 79.2 Å². The Labute approximate surface area is 168 Å².